The van der Waals surface area contributed by atoms with E-state index in [0.717, 1.165) is 62.4 Å². The molecule has 2 aliphatic heterocycles. The van der Waals surface area contributed by atoms with Crippen LogP contribution in [-0.4, -0.2) is 99.7 Å². The van der Waals surface area contributed by atoms with Gasteiger partial charge in [-0.15, -0.1) is 0 Å². The molecule has 2 saturated heterocycles. The van der Waals surface area contributed by atoms with Gasteiger partial charge in [0, 0.05) is 56.9 Å². The lowest BCUT2D eigenvalue weighted by Crippen LogP contribution is -2.49. The third-order valence-electron chi connectivity index (χ3n) is 7.37. The van der Waals surface area contributed by atoms with E-state index in [1.54, 1.807) is 0 Å². The van der Waals surface area contributed by atoms with Gasteiger partial charge < -0.3 is 33.7 Å². The fraction of sp³-hybridized carbons (Fsp3) is 0.533. The van der Waals surface area contributed by atoms with Gasteiger partial charge in [-0.3, -0.25) is 4.90 Å². The average Bonchev–Trinajstić information content (AvgIpc) is 2.98. The molecule has 2 aliphatic rings. The Morgan fingerprint density at radius 1 is 0.974 bits per heavy atom. The van der Waals surface area contributed by atoms with Crippen molar-refractivity contribution in [3.05, 3.63) is 65.7 Å². The lowest BCUT2D eigenvalue weighted by molar-refractivity contribution is -0.114. The summed E-state index contributed by atoms with van der Waals surface area (Å²) in [4.78, 5) is 27.4. The Bertz CT molecular complexity index is 998. The monoisotopic (exact) mass is 540 g/mol. The average molecular weight is 541 g/mol. The minimum Gasteiger partial charge on any atom is -0.494 e. The van der Waals surface area contributed by atoms with E-state index in [1.807, 2.05) is 54.6 Å². The van der Waals surface area contributed by atoms with Crippen LogP contribution in [0.15, 0.2) is 54.6 Å². The highest BCUT2D eigenvalue weighted by atomic mass is 16.5. The number of likely N-dealkylation sites (tertiary alicyclic amines) is 1. The first-order chi connectivity index (χ1) is 19.1. The molecule has 0 aliphatic carbocycles. The number of carbonyl (C=O) groups excluding carboxylic acids is 1. The molecule has 0 aromatic heterocycles. The molecule has 39 heavy (non-hydrogen) atoms. The Hall–Kier alpha value is -2.98. The van der Waals surface area contributed by atoms with Crippen LogP contribution in [0.3, 0.4) is 0 Å². The number of amides is 1. The van der Waals surface area contributed by atoms with Crippen LogP contribution in [0, 0.1) is 11.8 Å². The first-order valence-corrected chi connectivity index (χ1v) is 13.8. The molecule has 3 atom stereocenters. The number of nitrogens with zero attached hydrogens (tertiary/aromatic N) is 2. The predicted octanol–water partition coefficient (Wildman–Crippen LogP) is 3.53. The molecule has 3 unspecified atom stereocenters. The highest BCUT2D eigenvalue weighted by Gasteiger charge is 2.39. The largest absolute Gasteiger partial charge is 0.494 e. The summed E-state index contributed by atoms with van der Waals surface area (Å²) in [6, 6.07) is 17.9. The van der Waals surface area contributed by atoms with E-state index in [-0.39, 0.29) is 18.4 Å². The molecule has 1 amide bonds. The van der Waals surface area contributed by atoms with Crippen molar-refractivity contribution in [2.75, 3.05) is 72.4 Å². The minimum absolute atomic E-state index is 0.122. The Kier molecular flexibility index (Phi) is 11.6. The fourth-order valence-electron chi connectivity index (χ4n) is 5.30. The van der Waals surface area contributed by atoms with Crippen molar-refractivity contribution in [2.45, 2.75) is 18.9 Å². The maximum absolute atomic E-state index is 12.1. The summed E-state index contributed by atoms with van der Waals surface area (Å²) < 4.78 is 23.0. The molecule has 0 bridgehead atoms. The summed E-state index contributed by atoms with van der Waals surface area (Å²) in [6.07, 6.45) is 0.662. The third kappa shape index (κ3) is 9.03. The van der Waals surface area contributed by atoms with Gasteiger partial charge in [-0.1, -0.05) is 42.5 Å². The summed E-state index contributed by atoms with van der Waals surface area (Å²) in [5.74, 6) is 0.0761. The van der Waals surface area contributed by atoms with Gasteiger partial charge >= 0.3 is 6.09 Å². The number of carboxylic acid groups (broad SMARTS) is 1. The van der Waals surface area contributed by atoms with E-state index in [9.17, 15) is 14.7 Å². The molecule has 1 N–H and O–H groups in total. The highest BCUT2D eigenvalue weighted by molar-refractivity contribution is 5.67. The zero-order chi connectivity index (χ0) is 27.3. The van der Waals surface area contributed by atoms with Gasteiger partial charge in [0.15, 0.2) is 0 Å². The first-order valence-electron chi connectivity index (χ1n) is 13.8. The Balaban J connectivity index is 1.28. The van der Waals surface area contributed by atoms with Crippen molar-refractivity contribution in [1.82, 2.24) is 9.80 Å². The minimum atomic E-state index is -1.00. The van der Waals surface area contributed by atoms with Crippen LogP contribution in [0.1, 0.15) is 23.5 Å². The number of carbonyl (C=O) groups is 2. The second-order valence-electron chi connectivity index (χ2n) is 10.1. The number of piperidine rings is 1. The van der Waals surface area contributed by atoms with Crippen molar-refractivity contribution in [3.63, 3.8) is 0 Å². The quantitative estimate of drug-likeness (QED) is 0.287. The van der Waals surface area contributed by atoms with E-state index >= 15 is 0 Å². The summed E-state index contributed by atoms with van der Waals surface area (Å²) >= 11 is 0. The van der Waals surface area contributed by atoms with Crippen LogP contribution in [0.2, 0.25) is 0 Å². The molecule has 212 valence electrons. The van der Waals surface area contributed by atoms with Gasteiger partial charge in [-0.05, 0) is 23.3 Å². The SMILES string of the molecule is O=CC1CN(C(=O)O)CC(COCCN2CCOCC2)C1c1ccc(OCCCOCc2ccccc2)cc1. The van der Waals surface area contributed by atoms with Crippen molar-refractivity contribution in [1.29, 1.82) is 0 Å². The van der Waals surface area contributed by atoms with Gasteiger partial charge in [0.25, 0.3) is 0 Å². The predicted molar refractivity (Wildman–Crippen MR) is 146 cm³/mol. The van der Waals surface area contributed by atoms with E-state index in [4.69, 9.17) is 18.9 Å². The molecule has 9 heteroatoms. The Morgan fingerprint density at radius 2 is 1.74 bits per heavy atom. The topological polar surface area (TPSA) is 97.8 Å². The Morgan fingerprint density at radius 3 is 2.46 bits per heavy atom. The first kappa shape index (κ1) is 29.0. The van der Waals surface area contributed by atoms with Gasteiger partial charge in [0.1, 0.15) is 12.0 Å². The van der Waals surface area contributed by atoms with E-state index in [0.29, 0.717) is 39.6 Å². The van der Waals surface area contributed by atoms with Crippen LogP contribution < -0.4 is 4.74 Å². The fourth-order valence-corrected chi connectivity index (χ4v) is 5.30. The van der Waals surface area contributed by atoms with Gasteiger partial charge in [-0.25, -0.2) is 4.79 Å². The Labute approximate surface area is 230 Å². The molecule has 2 aromatic rings. The number of rotatable bonds is 14. The van der Waals surface area contributed by atoms with Crippen molar-refractivity contribution in [3.8, 4) is 5.75 Å². The number of aldehydes is 1. The van der Waals surface area contributed by atoms with Crippen LogP contribution in [-0.2, 0) is 25.6 Å². The second-order valence-corrected chi connectivity index (χ2v) is 10.1. The van der Waals surface area contributed by atoms with Crippen molar-refractivity contribution in [2.24, 2.45) is 11.8 Å². The number of morpholine rings is 1. The molecule has 2 aromatic carbocycles. The van der Waals surface area contributed by atoms with Gasteiger partial charge in [0.05, 0.1) is 46.2 Å². The highest BCUT2D eigenvalue weighted by Crippen LogP contribution is 2.37. The maximum atomic E-state index is 12.1. The van der Waals surface area contributed by atoms with Crippen LogP contribution in [0.5, 0.6) is 5.75 Å². The molecule has 9 nitrogen and oxygen atoms in total. The molecular formula is C30H40N2O7. The van der Waals surface area contributed by atoms with E-state index < -0.39 is 12.0 Å². The lowest BCUT2D eigenvalue weighted by Gasteiger charge is -2.41. The second kappa shape index (κ2) is 15.6. The molecule has 0 spiro atoms. The zero-order valence-corrected chi connectivity index (χ0v) is 22.5. The third-order valence-corrected chi connectivity index (χ3v) is 7.37. The molecule has 0 radical (unpaired) electrons. The van der Waals surface area contributed by atoms with Gasteiger partial charge in [-0.2, -0.15) is 0 Å². The molecule has 4 rings (SSSR count). The normalized spacial score (nSPS) is 21.9. The standard InChI is InChI=1S/C30H40N2O7/c33-21-26-19-32(30(34)35)20-27(23-38-18-13-31-11-16-36-17-12-31)29(26)25-7-9-28(10-8-25)39-15-4-14-37-22-24-5-2-1-3-6-24/h1-3,5-10,21,26-27,29H,4,11-20,22-23H2,(H,34,35). The maximum Gasteiger partial charge on any atom is 0.407 e. The summed E-state index contributed by atoms with van der Waals surface area (Å²) in [5.41, 5.74) is 2.15. The number of hydrogen-bond donors (Lipinski definition) is 1. The summed E-state index contributed by atoms with van der Waals surface area (Å²) in [7, 11) is 0. The van der Waals surface area contributed by atoms with E-state index in [2.05, 4.69) is 4.90 Å². The zero-order valence-electron chi connectivity index (χ0n) is 22.5. The number of hydrogen-bond acceptors (Lipinski definition) is 7. The van der Waals surface area contributed by atoms with Gasteiger partial charge in [0.2, 0.25) is 0 Å². The molecule has 0 saturated carbocycles. The molecule has 2 fully saturated rings. The lowest BCUT2D eigenvalue weighted by atomic mass is 9.74. The van der Waals surface area contributed by atoms with Crippen molar-refractivity contribution >= 4 is 12.4 Å². The number of benzene rings is 2. The van der Waals surface area contributed by atoms with E-state index in [1.165, 1.54) is 4.90 Å². The molecule has 2 heterocycles. The summed E-state index contributed by atoms with van der Waals surface area (Å²) in [6.45, 7) is 7.30. The van der Waals surface area contributed by atoms with Crippen LogP contribution >= 0.6 is 0 Å². The van der Waals surface area contributed by atoms with Crippen molar-refractivity contribution < 1.29 is 33.6 Å². The van der Waals surface area contributed by atoms with Crippen LogP contribution in [0.4, 0.5) is 4.79 Å². The smallest absolute Gasteiger partial charge is 0.407 e. The summed E-state index contributed by atoms with van der Waals surface area (Å²) in [5, 5.41) is 9.62. The van der Waals surface area contributed by atoms with Crippen LogP contribution in [0.25, 0.3) is 0 Å². The number of ether oxygens (including phenoxy) is 4. The molecular weight excluding hydrogens is 500 g/mol.